The van der Waals surface area contributed by atoms with Gasteiger partial charge in [-0.1, -0.05) is 30.3 Å². The Labute approximate surface area is 144 Å². The van der Waals surface area contributed by atoms with Crippen LogP contribution in [-0.4, -0.2) is 31.5 Å². The average Bonchev–Trinajstić information content (AvgIpc) is 2.65. The van der Waals surface area contributed by atoms with E-state index in [1.54, 1.807) is 42.5 Å². The van der Waals surface area contributed by atoms with Gasteiger partial charge in [0.25, 0.3) is 11.8 Å². The number of benzene rings is 2. The maximum absolute atomic E-state index is 13.7. The standard InChI is InChI=1S/C19H17FN2O3/c1-21-19(24)17-12-22(15-8-4-5-9-16(15)25-17)18(23)11-10-13-6-2-3-7-14(13)20/h2-11,17H,12H2,1H3,(H,21,24)/b11-10+/t17-/m0/s1. The monoisotopic (exact) mass is 340 g/mol. The van der Waals surface area contributed by atoms with Gasteiger partial charge in [-0.2, -0.15) is 0 Å². The molecule has 0 saturated carbocycles. The summed E-state index contributed by atoms with van der Waals surface area (Å²) in [6, 6.07) is 13.2. The fourth-order valence-corrected chi connectivity index (χ4v) is 2.60. The molecule has 0 aromatic heterocycles. The van der Waals surface area contributed by atoms with Crippen molar-refractivity contribution < 1.29 is 18.7 Å². The van der Waals surface area contributed by atoms with Gasteiger partial charge in [0.1, 0.15) is 11.6 Å². The maximum atomic E-state index is 13.7. The molecular formula is C19H17FN2O3. The summed E-state index contributed by atoms with van der Waals surface area (Å²) in [5.41, 5.74) is 0.895. The first kappa shape index (κ1) is 16.7. The summed E-state index contributed by atoms with van der Waals surface area (Å²) < 4.78 is 19.3. The summed E-state index contributed by atoms with van der Waals surface area (Å²) in [5, 5.41) is 2.52. The smallest absolute Gasteiger partial charge is 0.262 e. The van der Waals surface area contributed by atoms with Crippen molar-refractivity contribution >= 4 is 23.6 Å². The van der Waals surface area contributed by atoms with Crippen LogP contribution in [0.5, 0.6) is 5.75 Å². The molecule has 0 fully saturated rings. The molecule has 0 aliphatic carbocycles. The van der Waals surface area contributed by atoms with Gasteiger partial charge in [-0.25, -0.2) is 4.39 Å². The van der Waals surface area contributed by atoms with E-state index in [2.05, 4.69) is 5.32 Å². The first-order valence-electron chi connectivity index (χ1n) is 7.81. The number of hydrogen-bond acceptors (Lipinski definition) is 3. The molecule has 0 saturated heterocycles. The molecule has 1 aliphatic rings. The van der Waals surface area contributed by atoms with Crippen LogP contribution < -0.4 is 15.0 Å². The molecule has 2 aromatic rings. The molecule has 6 heteroatoms. The van der Waals surface area contributed by atoms with E-state index in [-0.39, 0.29) is 18.4 Å². The van der Waals surface area contributed by atoms with Crippen molar-refractivity contribution in [1.29, 1.82) is 0 Å². The number of carbonyl (C=O) groups is 2. The lowest BCUT2D eigenvalue weighted by Crippen LogP contribution is -2.49. The molecule has 3 rings (SSSR count). The van der Waals surface area contributed by atoms with Crippen LogP contribution in [0.4, 0.5) is 10.1 Å². The average molecular weight is 340 g/mol. The molecule has 128 valence electrons. The zero-order valence-corrected chi connectivity index (χ0v) is 13.6. The summed E-state index contributed by atoms with van der Waals surface area (Å²) >= 11 is 0. The predicted octanol–water partition coefficient (Wildman–Crippen LogP) is 2.38. The van der Waals surface area contributed by atoms with Gasteiger partial charge in [0.2, 0.25) is 0 Å². The SMILES string of the molecule is CNC(=O)[C@@H]1CN(C(=O)/C=C/c2ccccc2F)c2ccccc2O1. The summed E-state index contributed by atoms with van der Waals surface area (Å²) in [4.78, 5) is 26.0. The number of fused-ring (bicyclic) bond motifs is 1. The van der Waals surface area contributed by atoms with Crippen molar-refractivity contribution in [2.45, 2.75) is 6.10 Å². The van der Waals surface area contributed by atoms with Crippen LogP contribution in [0.2, 0.25) is 0 Å². The molecule has 2 amide bonds. The van der Waals surface area contributed by atoms with Gasteiger partial charge in [0.15, 0.2) is 6.10 Å². The first-order chi connectivity index (χ1) is 12.1. The first-order valence-corrected chi connectivity index (χ1v) is 7.81. The molecule has 0 unspecified atom stereocenters. The largest absolute Gasteiger partial charge is 0.477 e. The summed E-state index contributed by atoms with van der Waals surface area (Å²) in [6.07, 6.45) is 1.91. The summed E-state index contributed by atoms with van der Waals surface area (Å²) in [7, 11) is 1.51. The Morgan fingerprint density at radius 1 is 1.20 bits per heavy atom. The second-order valence-corrected chi connectivity index (χ2v) is 5.49. The van der Waals surface area contributed by atoms with E-state index in [4.69, 9.17) is 4.74 Å². The lowest BCUT2D eigenvalue weighted by atomic mass is 10.1. The minimum atomic E-state index is -0.800. The molecule has 1 atom stereocenters. The Bertz CT molecular complexity index is 835. The van der Waals surface area contributed by atoms with Crippen LogP contribution in [0, 0.1) is 5.82 Å². The number of anilines is 1. The quantitative estimate of drug-likeness (QED) is 0.873. The lowest BCUT2D eigenvalue weighted by Gasteiger charge is -2.33. The fraction of sp³-hybridized carbons (Fsp3) is 0.158. The van der Waals surface area contributed by atoms with E-state index in [0.717, 1.165) is 0 Å². The normalized spacial score (nSPS) is 16.2. The Morgan fingerprint density at radius 2 is 1.92 bits per heavy atom. The Kier molecular flexibility index (Phi) is 4.79. The number of rotatable bonds is 3. The van der Waals surface area contributed by atoms with Gasteiger partial charge < -0.3 is 15.0 Å². The minimum absolute atomic E-state index is 0.0805. The van der Waals surface area contributed by atoms with Crippen LogP contribution in [0.15, 0.2) is 54.6 Å². The Balaban J connectivity index is 1.88. The molecule has 1 N–H and O–H groups in total. The second kappa shape index (κ2) is 7.17. The second-order valence-electron chi connectivity index (χ2n) is 5.49. The van der Waals surface area contributed by atoms with Gasteiger partial charge in [0.05, 0.1) is 12.2 Å². The molecule has 1 aliphatic heterocycles. The number of para-hydroxylation sites is 2. The van der Waals surface area contributed by atoms with E-state index >= 15 is 0 Å². The van der Waals surface area contributed by atoms with E-state index < -0.39 is 11.9 Å². The predicted molar refractivity (Wildman–Crippen MR) is 92.7 cm³/mol. The molecule has 1 heterocycles. The van der Waals surface area contributed by atoms with Crippen LogP contribution in [-0.2, 0) is 9.59 Å². The van der Waals surface area contributed by atoms with Crippen molar-refractivity contribution in [3.63, 3.8) is 0 Å². The molecule has 0 radical (unpaired) electrons. The van der Waals surface area contributed by atoms with E-state index in [0.29, 0.717) is 17.0 Å². The zero-order chi connectivity index (χ0) is 17.8. The highest BCUT2D eigenvalue weighted by Gasteiger charge is 2.32. The van der Waals surface area contributed by atoms with Crippen LogP contribution in [0.1, 0.15) is 5.56 Å². The number of amides is 2. The van der Waals surface area contributed by atoms with Crippen LogP contribution in [0.25, 0.3) is 6.08 Å². The third-order valence-electron chi connectivity index (χ3n) is 3.89. The zero-order valence-electron chi connectivity index (χ0n) is 13.6. The highest BCUT2D eigenvalue weighted by Crippen LogP contribution is 2.33. The van der Waals surface area contributed by atoms with Crippen molar-refractivity contribution in [2.75, 3.05) is 18.5 Å². The number of carbonyl (C=O) groups excluding carboxylic acids is 2. The molecule has 5 nitrogen and oxygen atoms in total. The van der Waals surface area contributed by atoms with Crippen molar-refractivity contribution in [3.05, 3.63) is 66.0 Å². The third kappa shape index (κ3) is 3.52. The van der Waals surface area contributed by atoms with Crippen molar-refractivity contribution in [3.8, 4) is 5.75 Å². The number of nitrogens with zero attached hydrogens (tertiary/aromatic N) is 1. The van der Waals surface area contributed by atoms with Gasteiger partial charge in [-0.3, -0.25) is 9.59 Å². The van der Waals surface area contributed by atoms with Crippen LogP contribution in [0.3, 0.4) is 0 Å². The highest BCUT2D eigenvalue weighted by molar-refractivity contribution is 6.05. The topological polar surface area (TPSA) is 58.6 Å². The Hall–Kier alpha value is -3.15. The van der Waals surface area contributed by atoms with E-state index in [9.17, 15) is 14.0 Å². The van der Waals surface area contributed by atoms with Crippen LogP contribution >= 0.6 is 0 Å². The van der Waals surface area contributed by atoms with E-state index in [1.807, 2.05) is 0 Å². The molecular weight excluding hydrogens is 323 g/mol. The highest BCUT2D eigenvalue weighted by atomic mass is 19.1. The molecule has 0 bridgehead atoms. The van der Waals surface area contributed by atoms with Gasteiger partial charge >= 0.3 is 0 Å². The molecule has 25 heavy (non-hydrogen) atoms. The summed E-state index contributed by atoms with van der Waals surface area (Å²) in [6.45, 7) is 0.0805. The molecule has 0 spiro atoms. The fourth-order valence-electron chi connectivity index (χ4n) is 2.60. The van der Waals surface area contributed by atoms with Gasteiger partial charge in [-0.05, 0) is 24.3 Å². The number of likely N-dealkylation sites (N-methyl/N-ethyl adjacent to an activating group) is 1. The number of hydrogen-bond donors (Lipinski definition) is 1. The third-order valence-corrected chi connectivity index (χ3v) is 3.89. The lowest BCUT2D eigenvalue weighted by molar-refractivity contribution is -0.127. The van der Waals surface area contributed by atoms with E-state index in [1.165, 1.54) is 30.2 Å². The van der Waals surface area contributed by atoms with Gasteiger partial charge in [0, 0.05) is 18.7 Å². The van der Waals surface area contributed by atoms with Crippen molar-refractivity contribution in [2.24, 2.45) is 0 Å². The minimum Gasteiger partial charge on any atom is -0.477 e. The number of ether oxygens (including phenoxy) is 1. The number of halogens is 1. The molecule has 2 aromatic carbocycles. The van der Waals surface area contributed by atoms with Gasteiger partial charge in [-0.15, -0.1) is 0 Å². The van der Waals surface area contributed by atoms with Crippen molar-refractivity contribution in [1.82, 2.24) is 5.32 Å². The summed E-state index contributed by atoms with van der Waals surface area (Å²) in [5.74, 6) is -0.620. The number of nitrogens with one attached hydrogen (secondary N) is 1. The maximum Gasteiger partial charge on any atom is 0.262 e. The Morgan fingerprint density at radius 3 is 2.68 bits per heavy atom.